The van der Waals surface area contributed by atoms with E-state index in [1.54, 1.807) is 11.1 Å². The van der Waals surface area contributed by atoms with Crippen molar-refractivity contribution >= 4 is 0 Å². The van der Waals surface area contributed by atoms with Crippen molar-refractivity contribution < 1.29 is 4.74 Å². The number of hydrogen-bond donors (Lipinski definition) is 0. The predicted molar refractivity (Wildman–Crippen MR) is 96.3 cm³/mol. The minimum absolute atomic E-state index is 0.333. The largest absolute Gasteiger partial charge is 0.377 e. The first-order valence-electron chi connectivity index (χ1n) is 10.2. The quantitative estimate of drug-likeness (QED) is 0.629. The van der Waals surface area contributed by atoms with Gasteiger partial charge in [-0.25, -0.2) is 0 Å². The van der Waals surface area contributed by atoms with Crippen molar-refractivity contribution in [3.05, 3.63) is 23.3 Å². The average Bonchev–Trinajstić information content (AvgIpc) is 2.99. The minimum atomic E-state index is 0.333. The van der Waals surface area contributed by atoms with Crippen LogP contribution in [0.25, 0.3) is 0 Å². The molecule has 0 aliphatic heterocycles. The van der Waals surface area contributed by atoms with Gasteiger partial charge in [0.05, 0.1) is 6.10 Å². The van der Waals surface area contributed by atoms with Gasteiger partial charge in [0.25, 0.3) is 0 Å². The molecule has 23 heavy (non-hydrogen) atoms. The Bertz CT molecular complexity index is 516. The maximum Gasteiger partial charge on any atom is 0.0792 e. The van der Waals surface area contributed by atoms with Crippen LogP contribution >= 0.6 is 0 Å². The molecule has 6 unspecified atom stereocenters. The van der Waals surface area contributed by atoms with Crippen LogP contribution in [0, 0.1) is 29.1 Å². The molecule has 1 heteroatoms. The molecule has 3 fully saturated rings. The van der Waals surface area contributed by atoms with Gasteiger partial charge in [0.2, 0.25) is 0 Å². The lowest BCUT2D eigenvalue weighted by atomic mass is 9.51. The third-order valence-electron chi connectivity index (χ3n) is 8.26. The highest BCUT2D eigenvalue weighted by Crippen LogP contribution is 2.65. The molecule has 0 N–H and O–H groups in total. The number of methoxy groups -OCH3 is 1. The zero-order chi connectivity index (χ0) is 16.0. The summed E-state index contributed by atoms with van der Waals surface area (Å²) >= 11 is 0. The molecule has 4 aliphatic carbocycles. The molecule has 0 aromatic heterocycles. The normalized spacial score (nSPS) is 45.6. The lowest BCUT2D eigenvalue weighted by molar-refractivity contribution is -0.00487. The van der Waals surface area contributed by atoms with Crippen LogP contribution in [0.3, 0.4) is 0 Å². The van der Waals surface area contributed by atoms with Crippen molar-refractivity contribution in [2.45, 2.75) is 77.7 Å². The predicted octanol–water partition coefficient (Wildman–Crippen LogP) is 5.91. The number of allylic oxidation sites excluding steroid dienone is 2. The van der Waals surface area contributed by atoms with E-state index in [9.17, 15) is 0 Å². The van der Waals surface area contributed by atoms with Crippen LogP contribution in [0.5, 0.6) is 0 Å². The Labute approximate surface area is 142 Å². The molecular formula is C22H34O. The molecule has 0 saturated heterocycles. The molecule has 0 radical (unpaired) electrons. The molecule has 0 heterocycles. The van der Waals surface area contributed by atoms with Crippen LogP contribution < -0.4 is 0 Å². The standard InChI is InChI=1S/C22H34O/c1-4-16-7-11-21-20-9-6-15-14-17(23-3)8-10-18(15)19(20)12-13-22(16,21)5-2/h10,14,16-17,19-21H,4-9,11-13H2,1-3H3. The van der Waals surface area contributed by atoms with Crippen LogP contribution in [-0.2, 0) is 4.74 Å². The van der Waals surface area contributed by atoms with Gasteiger partial charge in [-0.2, -0.15) is 0 Å². The lowest BCUT2D eigenvalue weighted by Crippen LogP contribution is -2.45. The Balaban J connectivity index is 1.61. The first kappa shape index (κ1) is 15.9. The Morgan fingerprint density at radius 2 is 2.04 bits per heavy atom. The topological polar surface area (TPSA) is 9.23 Å². The minimum Gasteiger partial charge on any atom is -0.377 e. The smallest absolute Gasteiger partial charge is 0.0792 e. The first-order valence-corrected chi connectivity index (χ1v) is 10.2. The van der Waals surface area contributed by atoms with Crippen molar-refractivity contribution in [3.8, 4) is 0 Å². The fraction of sp³-hybridized carbons (Fsp3) is 0.818. The van der Waals surface area contributed by atoms with Gasteiger partial charge in [0.1, 0.15) is 0 Å². The summed E-state index contributed by atoms with van der Waals surface area (Å²) in [5, 5.41) is 0. The van der Waals surface area contributed by atoms with Crippen molar-refractivity contribution in [3.63, 3.8) is 0 Å². The van der Waals surface area contributed by atoms with Gasteiger partial charge in [-0.15, -0.1) is 0 Å². The highest BCUT2D eigenvalue weighted by atomic mass is 16.5. The zero-order valence-electron chi connectivity index (χ0n) is 15.3. The summed E-state index contributed by atoms with van der Waals surface area (Å²) in [7, 11) is 1.85. The van der Waals surface area contributed by atoms with E-state index in [0.717, 1.165) is 30.1 Å². The Morgan fingerprint density at radius 3 is 2.78 bits per heavy atom. The summed E-state index contributed by atoms with van der Waals surface area (Å²) in [5.41, 5.74) is 4.07. The monoisotopic (exact) mass is 314 g/mol. The molecular weight excluding hydrogens is 280 g/mol. The van der Waals surface area contributed by atoms with E-state index in [4.69, 9.17) is 4.74 Å². The summed E-state index contributed by atoms with van der Waals surface area (Å²) in [4.78, 5) is 0. The van der Waals surface area contributed by atoms with Gasteiger partial charge in [-0.3, -0.25) is 0 Å². The van der Waals surface area contributed by atoms with E-state index in [1.165, 1.54) is 51.4 Å². The lowest BCUT2D eigenvalue weighted by Gasteiger charge is -2.53. The van der Waals surface area contributed by atoms with Crippen molar-refractivity contribution in [2.75, 3.05) is 7.11 Å². The molecule has 128 valence electrons. The third-order valence-corrected chi connectivity index (χ3v) is 8.26. The second kappa shape index (κ2) is 6.06. The Morgan fingerprint density at radius 1 is 1.17 bits per heavy atom. The van der Waals surface area contributed by atoms with Gasteiger partial charge in [-0.05, 0) is 91.6 Å². The molecule has 6 atom stereocenters. The fourth-order valence-corrected chi connectivity index (χ4v) is 7.20. The fourth-order valence-electron chi connectivity index (χ4n) is 7.20. The van der Waals surface area contributed by atoms with E-state index < -0.39 is 0 Å². The molecule has 1 nitrogen and oxygen atoms in total. The van der Waals surface area contributed by atoms with Gasteiger partial charge in [-0.1, -0.05) is 32.4 Å². The van der Waals surface area contributed by atoms with Gasteiger partial charge in [0, 0.05) is 7.11 Å². The van der Waals surface area contributed by atoms with E-state index in [-0.39, 0.29) is 0 Å². The van der Waals surface area contributed by atoms with Gasteiger partial charge >= 0.3 is 0 Å². The van der Waals surface area contributed by atoms with Crippen molar-refractivity contribution in [1.82, 2.24) is 0 Å². The zero-order valence-corrected chi connectivity index (χ0v) is 15.3. The number of ether oxygens (including phenoxy) is 1. The molecule has 0 aromatic rings. The summed E-state index contributed by atoms with van der Waals surface area (Å²) in [6, 6.07) is 0. The van der Waals surface area contributed by atoms with E-state index in [0.29, 0.717) is 11.5 Å². The molecule has 0 bridgehead atoms. The van der Waals surface area contributed by atoms with E-state index in [2.05, 4.69) is 26.0 Å². The second-order valence-electron chi connectivity index (χ2n) is 8.58. The molecule has 0 amide bonds. The second-order valence-corrected chi connectivity index (χ2v) is 8.58. The third kappa shape index (κ3) is 2.29. The van der Waals surface area contributed by atoms with Gasteiger partial charge < -0.3 is 4.74 Å². The number of hydrogen-bond acceptors (Lipinski definition) is 1. The molecule has 4 aliphatic rings. The maximum absolute atomic E-state index is 5.59. The van der Waals surface area contributed by atoms with Crippen molar-refractivity contribution in [2.24, 2.45) is 29.1 Å². The Hall–Kier alpha value is -0.560. The Kier molecular flexibility index (Phi) is 4.20. The number of fused-ring (bicyclic) bond motifs is 5. The molecule has 0 aromatic carbocycles. The van der Waals surface area contributed by atoms with Crippen LogP contribution in [0.1, 0.15) is 71.6 Å². The summed E-state index contributed by atoms with van der Waals surface area (Å²) in [5.74, 6) is 3.86. The van der Waals surface area contributed by atoms with Crippen LogP contribution in [0.2, 0.25) is 0 Å². The molecule has 0 spiro atoms. The SMILES string of the molecule is CCC1CCC2C3CCC4=CC(OC)CC=C4C3CCC12CC. The van der Waals surface area contributed by atoms with Crippen molar-refractivity contribution in [1.29, 1.82) is 0 Å². The summed E-state index contributed by atoms with van der Waals surface area (Å²) < 4.78 is 5.59. The van der Waals surface area contributed by atoms with Crippen LogP contribution in [0.15, 0.2) is 23.3 Å². The van der Waals surface area contributed by atoms with Crippen LogP contribution in [0.4, 0.5) is 0 Å². The van der Waals surface area contributed by atoms with E-state index >= 15 is 0 Å². The highest BCUT2D eigenvalue weighted by Gasteiger charge is 2.55. The first-order chi connectivity index (χ1) is 11.2. The number of rotatable bonds is 3. The highest BCUT2D eigenvalue weighted by molar-refractivity contribution is 5.40. The van der Waals surface area contributed by atoms with Crippen LogP contribution in [-0.4, -0.2) is 13.2 Å². The molecule has 3 saturated carbocycles. The van der Waals surface area contributed by atoms with Gasteiger partial charge in [0.15, 0.2) is 0 Å². The summed E-state index contributed by atoms with van der Waals surface area (Å²) in [6.45, 7) is 4.92. The summed E-state index contributed by atoms with van der Waals surface area (Å²) in [6.07, 6.45) is 18.0. The molecule has 4 rings (SSSR count). The van der Waals surface area contributed by atoms with E-state index in [1.807, 2.05) is 7.11 Å². The maximum atomic E-state index is 5.59. The average molecular weight is 315 g/mol.